The zero-order chi connectivity index (χ0) is 20.0. The molecule has 27 heavy (non-hydrogen) atoms. The first-order chi connectivity index (χ1) is 12.9. The Hall–Kier alpha value is -2.95. The molecule has 0 saturated carbocycles. The van der Waals surface area contributed by atoms with E-state index in [1.165, 1.54) is 0 Å². The summed E-state index contributed by atoms with van der Waals surface area (Å²) in [6.45, 7) is 1.97. The molecule has 0 amide bonds. The van der Waals surface area contributed by atoms with Crippen molar-refractivity contribution in [3.05, 3.63) is 53.1 Å². The Morgan fingerprint density at radius 1 is 0.963 bits per heavy atom. The van der Waals surface area contributed by atoms with E-state index in [9.17, 15) is 4.79 Å². The summed E-state index contributed by atoms with van der Waals surface area (Å²) in [6.07, 6.45) is 2.46. The quantitative estimate of drug-likeness (QED) is 0.508. The van der Waals surface area contributed by atoms with Crippen LogP contribution in [0.5, 0.6) is 17.2 Å². The zero-order valence-electron chi connectivity index (χ0n) is 16.8. The van der Waals surface area contributed by atoms with Crippen LogP contribution in [0.1, 0.15) is 29.3 Å². The molecule has 0 bridgehead atoms. The van der Waals surface area contributed by atoms with Gasteiger partial charge in [-0.25, -0.2) is 0 Å². The minimum absolute atomic E-state index is 0.0203. The molecule has 0 fully saturated rings. The van der Waals surface area contributed by atoms with Crippen molar-refractivity contribution in [3.63, 3.8) is 0 Å². The standard InChI is InChI=1S/C22H27NO4/c1-7-15(12-17-13-18(25-4)9-11-20(17)26-5)22(24)16-8-10-21(27-6)19(14-16)23(2)3/h8-14H,7H2,1-6H3. The van der Waals surface area contributed by atoms with Gasteiger partial charge >= 0.3 is 0 Å². The van der Waals surface area contributed by atoms with E-state index in [-0.39, 0.29) is 5.78 Å². The molecular weight excluding hydrogens is 342 g/mol. The van der Waals surface area contributed by atoms with Crippen LogP contribution < -0.4 is 19.1 Å². The summed E-state index contributed by atoms with van der Waals surface area (Å²) >= 11 is 0. The highest BCUT2D eigenvalue weighted by atomic mass is 16.5. The monoisotopic (exact) mass is 369 g/mol. The van der Waals surface area contributed by atoms with Gasteiger partial charge in [0.1, 0.15) is 17.2 Å². The van der Waals surface area contributed by atoms with Crippen LogP contribution in [0.25, 0.3) is 6.08 Å². The second-order valence-electron chi connectivity index (χ2n) is 6.24. The zero-order valence-corrected chi connectivity index (χ0v) is 16.8. The molecule has 0 atom stereocenters. The number of rotatable bonds is 8. The normalized spacial score (nSPS) is 11.1. The molecule has 5 heteroatoms. The van der Waals surface area contributed by atoms with Gasteiger partial charge in [-0.15, -0.1) is 0 Å². The lowest BCUT2D eigenvalue weighted by Gasteiger charge is -2.17. The highest BCUT2D eigenvalue weighted by Crippen LogP contribution is 2.31. The maximum atomic E-state index is 13.1. The second kappa shape index (κ2) is 9.12. The van der Waals surface area contributed by atoms with E-state index in [2.05, 4.69) is 0 Å². The molecule has 2 aromatic rings. The predicted molar refractivity (Wildman–Crippen MR) is 109 cm³/mol. The van der Waals surface area contributed by atoms with Gasteiger partial charge in [-0.1, -0.05) is 6.92 Å². The number of ether oxygens (including phenoxy) is 3. The molecular formula is C22H27NO4. The molecule has 5 nitrogen and oxygen atoms in total. The molecule has 0 spiro atoms. The molecule has 2 rings (SSSR count). The number of ketones is 1. The molecule has 0 saturated heterocycles. The average molecular weight is 369 g/mol. The molecule has 0 heterocycles. The molecule has 144 valence electrons. The van der Waals surface area contributed by atoms with Gasteiger partial charge in [-0.3, -0.25) is 4.79 Å². The Morgan fingerprint density at radius 2 is 1.63 bits per heavy atom. The third-order valence-electron chi connectivity index (χ3n) is 4.36. The summed E-state index contributed by atoms with van der Waals surface area (Å²) in [5.74, 6) is 2.11. The SMILES string of the molecule is CCC(=Cc1cc(OC)ccc1OC)C(=O)c1ccc(OC)c(N(C)C)c1. The topological polar surface area (TPSA) is 48.0 Å². The Labute approximate surface area is 161 Å². The fourth-order valence-corrected chi connectivity index (χ4v) is 2.83. The minimum atomic E-state index is -0.0203. The molecule has 0 radical (unpaired) electrons. The van der Waals surface area contributed by atoms with Crippen molar-refractivity contribution in [3.8, 4) is 17.2 Å². The fourth-order valence-electron chi connectivity index (χ4n) is 2.83. The largest absolute Gasteiger partial charge is 0.497 e. The van der Waals surface area contributed by atoms with Crippen molar-refractivity contribution in [2.75, 3.05) is 40.3 Å². The van der Waals surface area contributed by atoms with Crippen molar-refractivity contribution in [2.45, 2.75) is 13.3 Å². The molecule has 0 aliphatic rings. The number of hydrogen-bond acceptors (Lipinski definition) is 5. The van der Waals surface area contributed by atoms with Gasteiger partial charge in [0.25, 0.3) is 0 Å². The summed E-state index contributed by atoms with van der Waals surface area (Å²) in [7, 11) is 8.69. The molecule has 2 aromatic carbocycles. The van der Waals surface area contributed by atoms with Crippen LogP contribution in [0.15, 0.2) is 42.0 Å². The van der Waals surface area contributed by atoms with Gasteiger partial charge in [0.05, 0.1) is 27.0 Å². The molecule has 0 aromatic heterocycles. The van der Waals surface area contributed by atoms with Crippen molar-refractivity contribution < 1.29 is 19.0 Å². The number of methoxy groups -OCH3 is 3. The maximum Gasteiger partial charge on any atom is 0.189 e. The molecule has 0 aliphatic carbocycles. The third kappa shape index (κ3) is 4.61. The average Bonchev–Trinajstić information content (AvgIpc) is 2.70. The van der Waals surface area contributed by atoms with E-state index in [0.29, 0.717) is 29.1 Å². The number of nitrogens with zero attached hydrogens (tertiary/aromatic N) is 1. The Morgan fingerprint density at radius 3 is 2.19 bits per heavy atom. The number of carbonyl (C=O) groups is 1. The summed E-state index contributed by atoms with van der Waals surface area (Å²) in [5, 5.41) is 0. The van der Waals surface area contributed by atoms with Gasteiger partial charge in [-0.2, -0.15) is 0 Å². The summed E-state index contributed by atoms with van der Waals surface area (Å²) in [5.41, 5.74) is 2.98. The first-order valence-electron chi connectivity index (χ1n) is 8.77. The second-order valence-corrected chi connectivity index (χ2v) is 6.24. The Balaban J connectivity index is 2.47. The number of allylic oxidation sites excluding steroid dienone is 1. The van der Waals surface area contributed by atoms with Gasteiger partial charge < -0.3 is 19.1 Å². The summed E-state index contributed by atoms with van der Waals surface area (Å²) in [4.78, 5) is 15.0. The fraction of sp³-hybridized carbons (Fsp3) is 0.318. The van der Waals surface area contributed by atoms with Gasteiger partial charge in [-0.05, 0) is 48.9 Å². The van der Waals surface area contributed by atoms with Crippen LogP contribution in [-0.2, 0) is 0 Å². The first kappa shape index (κ1) is 20.4. The van der Waals surface area contributed by atoms with Gasteiger partial charge in [0.2, 0.25) is 0 Å². The summed E-state index contributed by atoms with van der Waals surface area (Å²) in [6, 6.07) is 11.0. The first-order valence-corrected chi connectivity index (χ1v) is 8.77. The van der Waals surface area contributed by atoms with E-state index in [0.717, 1.165) is 17.0 Å². The molecule has 0 aliphatic heterocycles. The van der Waals surface area contributed by atoms with Crippen LogP contribution in [0.3, 0.4) is 0 Å². The Kier molecular flexibility index (Phi) is 6.88. The number of benzene rings is 2. The lowest BCUT2D eigenvalue weighted by molar-refractivity contribution is 0.103. The lowest BCUT2D eigenvalue weighted by Crippen LogP contribution is -2.12. The van der Waals surface area contributed by atoms with E-state index in [4.69, 9.17) is 14.2 Å². The van der Waals surface area contributed by atoms with Crippen LogP contribution in [0.4, 0.5) is 5.69 Å². The molecule has 0 unspecified atom stereocenters. The van der Waals surface area contributed by atoms with Crippen molar-refractivity contribution in [1.29, 1.82) is 0 Å². The van der Waals surface area contributed by atoms with Crippen molar-refractivity contribution in [1.82, 2.24) is 0 Å². The number of hydrogen-bond donors (Lipinski definition) is 0. The van der Waals surface area contributed by atoms with E-state index >= 15 is 0 Å². The van der Waals surface area contributed by atoms with Crippen LogP contribution in [0.2, 0.25) is 0 Å². The van der Waals surface area contributed by atoms with E-state index < -0.39 is 0 Å². The minimum Gasteiger partial charge on any atom is -0.497 e. The lowest BCUT2D eigenvalue weighted by atomic mass is 9.98. The number of carbonyl (C=O) groups excluding carboxylic acids is 1. The Bertz CT molecular complexity index is 840. The van der Waals surface area contributed by atoms with Crippen LogP contribution in [0, 0.1) is 0 Å². The number of Topliss-reactive ketones (excluding diaryl/α,β-unsaturated/α-hetero) is 1. The van der Waals surface area contributed by atoms with Gasteiger partial charge in [0.15, 0.2) is 5.78 Å². The van der Waals surface area contributed by atoms with Crippen LogP contribution in [-0.4, -0.2) is 41.2 Å². The van der Waals surface area contributed by atoms with Crippen molar-refractivity contribution in [2.24, 2.45) is 0 Å². The maximum absolute atomic E-state index is 13.1. The van der Waals surface area contributed by atoms with E-state index in [1.807, 2.05) is 62.3 Å². The summed E-state index contributed by atoms with van der Waals surface area (Å²) < 4.78 is 16.1. The number of anilines is 1. The van der Waals surface area contributed by atoms with Crippen molar-refractivity contribution >= 4 is 17.5 Å². The van der Waals surface area contributed by atoms with E-state index in [1.54, 1.807) is 27.4 Å². The van der Waals surface area contributed by atoms with Gasteiger partial charge in [0, 0.05) is 30.8 Å². The smallest absolute Gasteiger partial charge is 0.189 e. The molecule has 0 N–H and O–H groups in total. The highest BCUT2D eigenvalue weighted by Gasteiger charge is 2.15. The highest BCUT2D eigenvalue weighted by molar-refractivity contribution is 6.12. The third-order valence-corrected chi connectivity index (χ3v) is 4.36. The predicted octanol–water partition coefficient (Wildman–Crippen LogP) is 4.45. The van der Waals surface area contributed by atoms with Crippen LogP contribution >= 0.6 is 0 Å².